The molecule has 2 amide bonds. The maximum absolute atomic E-state index is 12.6. The third kappa shape index (κ3) is 4.80. The molecule has 2 fully saturated rings. The quantitative estimate of drug-likeness (QED) is 0.698. The molecule has 1 N–H and O–H groups in total. The molecule has 2 aliphatic rings. The molecule has 0 spiro atoms. The van der Waals surface area contributed by atoms with Gasteiger partial charge in [0.05, 0.1) is 17.4 Å². The van der Waals surface area contributed by atoms with Gasteiger partial charge >= 0.3 is 0 Å². The molecule has 0 radical (unpaired) electrons. The van der Waals surface area contributed by atoms with Crippen LogP contribution in [0.15, 0.2) is 24.4 Å². The molecule has 0 aliphatic carbocycles. The molecule has 160 valence electrons. The van der Waals surface area contributed by atoms with Crippen molar-refractivity contribution in [3.63, 3.8) is 0 Å². The van der Waals surface area contributed by atoms with Crippen molar-refractivity contribution in [2.24, 2.45) is 5.92 Å². The summed E-state index contributed by atoms with van der Waals surface area (Å²) in [6.07, 6.45) is 2.77. The lowest BCUT2D eigenvalue weighted by atomic mass is 10.1. The third-order valence-electron chi connectivity index (χ3n) is 5.34. The first kappa shape index (κ1) is 21.5. The van der Waals surface area contributed by atoms with Crippen LogP contribution in [0.5, 0.6) is 0 Å². The van der Waals surface area contributed by atoms with Crippen molar-refractivity contribution >= 4 is 61.3 Å². The Labute approximate surface area is 188 Å². The largest absolute Gasteiger partial charge is 0.338 e. The number of aromatic nitrogens is 1. The first-order chi connectivity index (χ1) is 14.2. The van der Waals surface area contributed by atoms with Gasteiger partial charge in [-0.05, 0) is 24.1 Å². The average Bonchev–Trinajstić information content (AvgIpc) is 3.36. The number of benzene rings is 1. The van der Waals surface area contributed by atoms with Gasteiger partial charge in [-0.15, -0.1) is 11.3 Å². The predicted octanol–water partition coefficient (Wildman–Crippen LogP) is 3.01. The van der Waals surface area contributed by atoms with E-state index in [0.29, 0.717) is 28.0 Å². The first-order valence-corrected chi connectivity index (χ1v) is 12.8. The normalized spacial score (nSPS) is 23.1. The van der Waals surface area contributed by atoms with Crippen molar-refractivity contribution in [2.45, 2.75) is 25.3 Å². The molecular formula is C19H19Cl2N3O4S2. The van der Waals surface area contributed by atoms with E-state index in [-0.39, 0.29) is 42.3 Å². The third-order valence-corrected chi connectivity index (χ3v) is 8.59. The van der Waals surface area contributed by atoms with E-state index in [9.17, 15) is 18.0 Å². The van der Waals surface area contributed by atoms with Crippen LogP contribution >= 0.6 is 34.5 Å². The second-order valence-corrected chi connectivity index (χ2v) is 11.7. The summed E-state index contributed by atoms with van der Waals surface area (Å²) in [4.78, 5) is 31.7. The van der Waals surface area contributed by atoms with Crippen molar-refractivity contribution in [3.05, 3.63) is 44.9 Å². The zero-order valence-corrected chi connectivity index (χ0v) is 19.0. The summed E-state index contributed by atoms with van der Waals surface area (Å²) in [6.45, 7) is 0.240. The number of halogens is 2. The Kier molecular flexibility index (Phi) is 6.07. The molecule has 0 bridgehead atoms. The lowest BCUT2D eigenvalue weighted by molar-refractivity contribution is -0.129. The second-order valence-electron chi connectivity index (χ2n) is 7.54. The number of hydrogen-bond donors (Lipinski definition) is 1. The molecule has 2 atom stereocenters. The monoisotopic (exact) mass is 487 g/mol. The number of anilines is 1. The van der Waals surface area contributed by atoms with E-state index >= 15 is 0 Å². The Morgan fingerprint density at radius 2 is 2.13 bits per heavy atom. The number of nitrogens with one attached hydrogen (secondary N) is 1. The number of sulfone groups is 1. The van der Waals surface area contributed by atoms with Gasteiger partial charge in [-0.1, -0.05) is 29.3 Å². The maximum Gasteiger partial charge on any atom is 0.231 e. The molecule has 2 aromatic rings. The smallest absolute Gasteiger partial charge is 0.231 e. The van der Waals surface area contributed by atoms with Gasteiger partial charge in [0.25, 0.3) is 0 Å². The van der Waals surface area contributed by atoms with Gasteiger partial charge in [-0.2, -0.15) is 0 Å². The number of carbonyl (C=O) groups is 2. The van der Waals surface area contributed by atoms with Crippen LogP contribution in [0, 0.1) is 5.92 Å². The predicted molar refractivity (Wildman–Crippen MR) is 117 cm³/mol. The lowest BCUT2D eigenvalue weighted by Gasteiger charge is -2.22. The van der Waals surface area contributed by atoms with Crippen LogP contribution in [-0.2, 0) is 25.8 Å². The van der Waals surface area contributed by atoms with Crippen molar-refractivity contribution in [3.8, 4) is 0 Å². The zero-order valence-electron chi connectivity index (χ0n) is 15.8. The highest BCUT2D eigenvalue weighted by molar-refractivity contribution is 7.91. The molecule has 0 saturated carbocycles. The molecule has 4 rings (SSSR count). The highest BCUT2D eigenvalue weighted by atomic mass is 35.5. The van der Waals surface area contributed by atoms with Crippen LogP contribution in [0.4, 0.5) is 5.13 Å². The number of amides is 2. The van der Waals surface area contributed by atoms with Crippen molar-refractivity contribution in [1.82, 2.24) is 9.88 Å². The molecular weight excluding hydrogens is 469 g/mol. The minimum absolute atomic E-state index is 0.0177. The molecule has 30 heavy (non-hydrogen) atoms. The fourth-order valence-electron chi connectivity index (χ4n) is 3.79. The van der Waals surface area contributed by atoms with Crippen LogP contribution in [0.25, 0.3) is 0 Å². The van der Waals surface area contributed by atoms with Gasteiger partial charge in [0.2, 0.25) is 11.8 Å². The van der Waals surface area contributed by atoms with Gasteiger partial charge < -0.3 is 10.2 Å². The number of hydrogen-bond acceptors (Lipinski definition) is 6. The minimum Gasteiger partial charge on any atom is -0.338 e. The van der Waals surface area contributed by atoms with E-state index < -0.39 is 15.8 Å². The molecule has 3 heterocycles. The van der Waals surface area contributed by atoms with Crippen molar-refractivity contribution < 1.29 is 18.0 Å². The Bertz CT molecular complexity index is 1100. The van der Waals surface area contributed by atoms with Crippen LogP contribution in [0.1, 0.15) is 23.3 Å². The van der Waals surface area contributed by atoms with Gasteiger partial charge in [0, 0.05) is 46.5 Å². The molecule has 1 aromatic carbocycles. The molecule has 2 saturated heterocycles. The number of carbonyl (C=O) groups excluding carboxylic acids is 2. The van der Waals surface area contributed by atoms with E-state index in [1.165, 1.54) is 11.3 Å². The maximum atomic E-state index is 12.6. The van der Waals surface area contributed by atoms with E-state index in [2.05, 4.69) is 10.3 Å². The molecule has 2 unspecified atom stereocenters. The number of nitrogens with zero attached hydrogens (tertiary/aromatic N) is 2. The highest BCUT2D eigenvalue weighted by Crippen LogP contribution is 2.29. The van der Waals surface area contributed by atoms with E-state index in [4.69, 9.17) is 23.2 Å². The fraction of sp³-hybridized carbons (Fsp3) is 0.421. The highest BCUT2D eigenvalue weighted by Gasteiger charge is 2.42. The Morgan fingerprint density at radius 3 is 2.83 bits per heavy atom. The van der Waals surface area contributed by atoms with Crippen LogP contribution < -0.4 is 5.32 Å². The summed E-state index contributed by atoms with van der Waals surface area (Å²) in [5.41, 5.74) is 0.908. The fourth-order valence-corrected chi connectivity index (χ4v) is 6.83. The van der Waals surface area contributed by atoms with E-state index in [1.54, 1.807) is 23.2 Å². The van der Waals surface area contributed by atoms with Crippen molar-refractivity contribution in [1.29, 1.82) is 0 Å². The average molecular weight is 488 g/mol. The van der Waals surface area contributed by atoms with Gasteiger partial charge in [-0.3, -0.25) is 9.59 Å². The van der Waals surface area contributed by atoms with Crippen LogP contribution in [0.2, 0.25) is 10.0 Å². The standard InChI is InChI=1S/C19H19Cl2N3O4S2/c20-13-2-1-11(16(21)7-13)5-15-8-22-19(29-15)23-18(26)12-6-17(25)24(9-12)14-3-4-30(27,28)10-14/h1-2,7-8,12,14H,3-6,9-10H2,(H,22,23,26). The molecule has 11 heteroatoms. The first-order valence-electron chi connectivity index (χ1n) is 9.39. The number of thiazole rings is 1. The summed E-state index contributed by atoms with van der Waals surface area (Å²) in [5, 5.41) is 4.37. The lowest BCUT2D eigenvalue weighted by Crippen LogP contribution is -2.38. The summed E-state index contributed by atoms with van der Waals surface area (Å²) in [6, 6.07) is 4.98. The molecule has 2 aliphatic heterocycles. The van der Waals surface area contributed by atoms with Crippen LogP contribution in [-0.4, -0.2) is 54.2 Å². The number of likely N-dealkylation sites (tertiary alicyclic amines) is 1. The second kappa shape index (κ2) is 8.45. The number of rotatable bonds is 5. The topological polar surface area (TPSA) is 96.4 Å². The van der Waals surface area contributed by atoms with Gasteiger partial charge in [0.1, 0.15) is 0 Å². The SMILES string of the molecule is O=C(Nc1ncc(Cc2ccc(Cl)cc2Cl)s1)C1CC(=O)N(C2CCS(=O)(=O)C2)C1. The summed E-state index contributed by atoms with van der Waals surface area (Å²) >= 11 is 13.5. The van der Waals surface area contributed by atoms with Crippen molar-refractivity contribution in [2.75, 3.05) is 23.4 Å². The van der Waals surface area contributed by atoms with Crippen LogP contribution in [0.3, 0.4) is 0 Å². The minimum atomic E-state index is -3.09. The summed E-state index contributed by atoms with van der Waals surface area (Å²) < 4.78 is 23.4. The van der Waals surface area contributed by atoms with Gasteiger partial charge in [-0.25, -0.2) is 13.4 Å². The summed E-state index contributed by atoms with van der Waals surface area (Å²) in [7, 11) is -3.09. The van der Waals surface area contributed by atoms with E-state index in [0.717, 1.165) is 10.4 Å². The Morgan fingerprint density at radius 1 is 1.33 bits per heavy atom. The zero-order chi connectivity index (χ0) is 21.5. The van der Waals surface area contributed by atoms with Gasteiger partial charge in [0.15, 0.2) is 15.0 Å². The molecule has 7 nitrogen and oxygen atoms in total. The molecule has 1 aromatic heterocycles. The Hall–Kier alpha value is -1.68. The Balaban J connectivity index is 1.36. The van der Waals surface area contributed by atoms with E-state index in [1.807, 2.05) is 6.07 Å². The summed E-state index contributed by atoms with van der Waals surface area (Å²) in [5.74, 6) is -0.890.